The van der Waals surface area contributed by atoms with Crippen molar-refractivity contribution in [2.45, 2.75) is 26.8 Å². The number of nitrogens with zero attached hydrogens (tertiary/aromatic N) is 2. The van der Waals surface area contributed by atoms with Crippen molar-refractivity contribution in [1.82, 2.24) is 15.5 Å². The zero-order valence-electron chi connectivity index (χ0n) is 12.2. The second-order valence-corrected chi connectivity index (χ2v) is 6.29. The van der Waals surface area contributed by atoms with E-state index in [1.807, 2.05) is 12.1 Å². The molecule has 4 nitrogen and oxygen atoms in total. The lowest BCUT2D eigenvalue weighted by atomic mass is 10.1. The summed E-state index contributed by atoms with van der Waals surface area (Å²) in [6.45, 7) is 6.20. The van der Waals surface area contributed by atoms with Gasteiger partial charge >= 0.3 is 0 Å². The first kappa shape index (κ1) is 14.9. The first-order chi connectivity index (χ1) is 9.67. The number of nitrogens with one attached hydrogen (secondary N) is 1. The number of methoxy groups -OCH3 is 1. The van der Waals surface area contributed by atoms with E-state index in [9.17, 15) is 0 Å². The summed E-state index contributed by atoms with van der Waals surface area (Å²) in [6, 6.07) is 8.08. The molecular formula is C15H21N3OS. The number of rotatable bonds is 7. The van der Waals surface area contributed by atoms with Crippen LogP contribution >= 0.6 is 11.3 Å². The van der Waals surface area contributed by atoms with Gasteiger partial charge in [0.15, 0.2) is 0 Å². The average molecular weight is 291 g/mol. The third kappa shape index (κ3) is 4.58. The summed E-state index contributed by atoms with van der Waals surface area (Å²) >= 11 is 1.67. The van der Waals surface area contributed by atoms with Crippen LogP contribution in [-0.2, 0) is 13.0 Å². The normalized spacial score (nSPS) is 11.0. The molecule has 0 radical (unpaired) electrons. The highest BCUT2D eigenvalue weighted by Gasteiger charge is 2.05. The van der Waals surface area contributed by atoms with Crippen molar-refractivity contribution >= 4 is 11.3 Å². The molecule has 1 aromatic carbocycles. The number of ether oxygens (including phenoxy) is 1. The van der Waals surface area contributed by atoms with Crippen molar-refractivity contribution in [2.75, 3.05) is 13.7 Å². The standard InChI is InChI=1S/C15H21N3OS/c1-11(2)9-16-10-15-18-17-14(20-15)8-12-4-6-13(19-3)7-5-12/h4-7,11,16H,8-10H2,1-3H3. The van der Waals surface area contributed by atoms with Gasteiger partial charge in [-0.05, 0) is 30.2 Å². The van der Waals surface area contributed by atoms with Crippen molar-refractivity contribution in [1.29, 1.82) is 0 Å². The van der Waals surface area contributed by atoms with Crippen molar-refractivity contribution in [3.8, 4) is 5.75 Å². The lowest BCUT2D eigenvalue weighted by molar-refractivity contribution is 0.414. The van der Waals surface area contributed by atoms with Gasteiger partial charge in [-0.2, -0.15) is 0 Å². The van der Waals surface area contributed by atoms with E-state index in [-0.39, 0.29) is 0 Å². The average Bonchev–Trinajstić information content (AvgIpc) is 2.87. The Labute approximate surface area is 124 Å². The first-order valence-corrected chi connectivity index (χ1v) is 7.64. The number of benzene rings is 1. The predicted molar refractivity (Wildman–Crippen MR) is 82.3 cm³/mol. The third-order valence-electron chi connectivity index (χ3n) is 2.85. The Hall–Kier alpha value is -1.46. The lowest BCUT2D eigenvalue weighted by Crippen LogP contribution is -2.18. The topological polar surface area (TPSA) is 47.0 Å². The zero-order valence-corrected chi connectivity index (χ0v) is 13.0. The molecule has 0 aliphatic heterocycles. The Kier molecular flexibility index (Phi) is 5.49. The second kappa shape index (κ2) is 7.36. The summed E-state index contributed by atoms with van der Waals surface area (Å²) in [4.78, 5) is 0. The molecule has 2 rings (SSSR count). The first-order valence-electron chi connectivity index (χ1n) is 6.82. The Balaban J connectivity index is 1.88. The maximum atomic E-state index is 5.15. The molecule has 20 heavy (non-hydrogen) atoms. The molecule has 0 saturated carbocycles. The van der Waals surface area contributed by atoms with Crippen LogP contribution in [-0.4, -0.2) is 23.9 Å². The third-order valence-corrected chi connectivity index (χ3v) is 3.78. The van der Waals surface area contributed by atoms with E-state index in [1.165, 1.54) is 5.56 Å². The summed E-state index contributed by atoms with van der Waals surface area (Å²) in [6.07, 6.45) is 0.825. The molecule has 0 bridgehead atoms. The van der Waals surface area contributed by atoms with Crippen molar-refractivity contribution in [3.05, 3.63) is 39.8 Å². The van der Waals surface area contributed by atoms with Crippen LogP contribution in [0.4, 0.5) is 0 Å². The molecule has 1 aromatic heterocycles. The molecule has 0 atom stereocenters. The van der Waals surface area contributed by atoms with Crippen LogP contribution in [0.2, 0.25) is 0 Å². The van der Waals surface area contributed by atoms with Crippen molar-refractivity contribution in [2.24, 2.45) is 5.92 Å². The van der Waals surface area contributed by atoms with Crippen LogP contribution in [0, 0.1) is 5.92 Å². The van der Waals surface area contributed by atoms with Crippen LogP contribution in [0.3, 0.4) is 0 Å². The minimum Gasteiger partial charge on any atom is -0.497 e. The highest BCUT2D eigenvalue weighted by molar-refractivity contribution is 7.11. The van der Waals surface area contributed by atoms with Gasteiger partial charge in [0, 0.05) is 13.0 Å². The molecular weight excluding hydrogens is 270 g/mol. The molecule has 1 heterocycles. The Bertz CT molecular complexity index is 522. The fraction of sp³-hybridized carbons (Fsp3) is 0.467. The largest absolute Gasteiger partial charge is 0.497 e. The summed E-state index contributed by atoms with van der Waals surface area (Å²) in [5.74, 6) is 1.53. The van der Waals surface area contributed by atoms with Crippen LogP contribution < -0.4 is 10.1 Å². The highest BCUT2D eigenvalue weighted by Crippen LogP contribution is 2.17. The van der Waals surface area contributed by atoms with Gasteiger partial charge in [0.25, 0.3) is 0 Å². The molecule has 2 aromatic rings. The molecule has 0 amide bonds. The summed E-state index contributed by atoms with van der Waals surface area (Å²) < 4.78 is 5.15. The van der Waals surface area contributed by atoms with E-state index >= 15 is 0 Å². The zero-order chi connectivity index (χ0) is 14.4. The van der Waals surface area contributed by atoms with E-state index in [0.717, 1.165) is 35.3 Å². The number of hydrogen-bond acceptors (Lipinski definition) is 5. The van der Waals surface area contributed by atoms with Crippen LogP contribution in [0.1, 0.15) is 29.4 Å². The summed E-state index contributed by atoms with van der Waals surface area (Å²) in [7, 11) is 1.68. The highest BCUT2D eigenvalue weighted by atomic mass is 32.1. The summed E-state index contributed by atoms with van der Waals surface area (Å²) in [5.41, 5.74) is 1.23. The smallest absolute Gasteiger partial charge is 0.131 e. The van der Waals surface area contributed by atoms with Crippen molar-refractivity contribution < 1.29 is 4.74 Å². The molecule has 108 valence electrons. The Morgan fingerprint density at radius 3 is 2.50 bits per heavy atom. The van der Waals surface area contributed by atoms with Gasteiger partial charge in [0.1, 0.15) is 15.8 Å². The van der Waals surface area contributed by atoms with Gasteiger partial charge in [-0.1, -0.05) is 37.3 Å². The van der Waals surface area contributed by atoms with Gasteiger partial charge in [-0.15, -0.1) is 10.2 Å². The van der Waals surface area contributed by atoms with E-state index in [2.05, 4.69) is 41.5 Å². The van der Waals surface area contributed by atoms with Crippen molar-refractivity contribution in [3.63, 3.8) is 0 Å². The van der Waals surface area contributed by atoms with Gasteiger partial charge < -0.3 is 10.1 Å². The van der Waals surface area contributed by atoms with E-state index in [0.29, 0.717) is 5.92 Å². The quantitative estimate of drug-likeness (QED) is 0.852. The van der Waals surface area contributed by atoms with Crippen LogP contribution in [0.25, 0.3) is 0 Å². The maximum Gasteiger partial charge on any atom is 0.131 e. The summed E-state index contributed by atoms with van der Waals surface area (Å²) in [5, 5.41) is 14.0. The van der Waals surface area contributed by atoms with E-state index < -0.39 is 0 Å². The fourth-order valence-electron chi connectivity index (χ4n) is 1.82. The molecule has 0 unspecified atom stereocenters. The second-order valence-electron chi connectivity index (χ2n) is 5.14. The lowest BCUT2D eigenvalue weighted by Gasteiger charge is -2.04. The predicted octanol–water partition coefficient (Wildman–Crippen LogP) is 2.88. The van der Waals surface area contributed by atoms with Gasteiger partial charge in [0.2, 0.25) is 0 Å². The molecule has 0 fully saturated rings. The molecule has 0 saturated heterocycles. The Morgan fingerprint density at radius 2 is 1.85 bits per heavy atom. The van der Waals surface area contributed by atoms with E-state index in [4.69, 9.17) is 4.74 Å². The SMILES string of the molecule is COc1ccc(Cc2nnc(CNCC(C)C)s2)cc1. The minimum atomic E-state index is 0.654. The minimum absolute atomic E-state index is 0.654. The monoisotopic (exact) mass is 291 g/mol. The maximum absolute atomic E-state index is 5.15. The fourth-order valence-corrected chi connectivity index (χ4v) is 2.67. The Morgan fingerprint density at radius 1 is 1.15 bits per heavy atom. The molecule has 0 spiro atoms. The van der Waals surface area contributed by atoms with Gasteiger partial charge in [-0.3, -0.25) is 0 Å². The molecule has 5 heteroatoms. The van der Waals surface area contributed by atoms with Crippen LogP contribution in [0.5, 0.6) is 5.75 Å². The van der Waals surface area contributed by atoms with E-state index in [1.54, 1.807) is 18.4 Å². The number of aromatic nitrogens is 2. The molecule has 0 aliphatic carbocycles. The number of hydrogen-bond donors (Lipinski definition) is 1. The van der Waals surface area contributed by atoms with Crippen LogP contribution in [0.15, 0.2) is 24.3 Å². The van der Waals surface area contributed by atoms with Gasteiger partial charge in [0.05, 0.1) is 7.11 Å². The molecule has 0 aliphatic rings. The molecule has 1 N–H and O–H groups in total. The van der Waals surface area contributed by atoms with Gasteiger partial charge in [-0.25, -0.2) is 0 Å².